The summed E-state index contributed by atoms with van der Waals surface area (Å²) in [5.74, 6) is 6.14. The third-order valence-corrected chi connectivity index (χ3v) is 3.81. The molecule has 1 heterocycles. The number of benzene rings is 1. The summed E-state index contributed by atoms with van der Waals surface area (Å²) < 4.78 is 43.3. The van der Waals surface area contributed by atoms with Gasteiger partial charge in [0.25, 0.3) is 0 Å². The Morgan fingerprint density at radius 1 is 1.26 bits per heavy atom. The smallest absolute Gasteiger partial charge is 0.379 e. The summed E-state index contributed by atoms with van der Waals surface area (Å²) in [4.78, 5) is 6.40. The molecule has 1 aliphatic heterocycles. The van der Waals surface area contributed by atoms with Crippen molar-refractivity contribution in [2.24, 2.45) is 4.99 Å². The van der Waals surface area contributed by atoms with E-state index in [2.05, 4.69) is 32.4 Å². The fourth-order valence-electron chi connectivity index (χ4n) is 2.43. The summed E-state index contributed by atoms with van der Waals surface area (Å²) in [7, 11) is 1.66. The number of halogens is 4. The van der Waals surface area contributed by atoms with E-state index in [1.54, 1.807) is 13.1 Å². The first-order chi connectivity index (χ1) is 12.5. The number of morpholine rings is 1. The Morgan fingerprint density at radius 3 is 2.67 bits per heavy atom. The van der Waals surface area contributed by atoms with Crippen LogP contribution in [-0.2, 0) is 10.9 Å². The van der Waals surface area contributed by atoms with Gasteiger partial charge in [-0.15, -0.1) is 24.0 Å². The van der Waals surface area contributed by atoms with E-state index in [-0.39, 0.29) is 30.5 Å². The lowest BCUT2D eigenvalue weighted by Gasteiger charge is -2.26. The molecular weight excluding hydrogens is 472 g/mol. The highest BCUT2D eigenvalue weighted by Crippen LogP contribution is 2.29. The molecule has 1 fully saturated rings. The number of nitrogens with zero attached hydrogens (tertiary/aromatic N) is 2. The number of aliphatic imine (C=N–C) groups is 1. The average Bonchev–Trinajstić information content (AvgIpc) is 2.64. The maximum atomic E-state index is 12.7. The van der Waals surface area contributed by atoms with E-state index in [0.29, 0.717) is 11.5 Å². The summed E-state index contributed by atoms with van der Waals surface area (Å²) in [6.07, 6.45) is -4.36. The first-order valence-electron chi connectivity index (χ1n) is 8.40. The molecule has 2 rings (SSSR count). The zero-order valence-corrected chi connectivity index (χ0v) is 17.4. The molecule has 1 aliphatic rings. The van der Waals surface area contributed by atoms with E-state index in [0.717, 1.165) is 51.5 Å². The molecule has 150 valence electrons. The van der Waals surface area contributed by atoms with Crippen molar-refractivity contribution in [1.82, 2.24) is 15.5 Å². The van der Waals surface area contributed by atoms with Gasteiger partial charge in [-0.2, -0.15) is 13.2 Å². The summed E-state index contributed by atoms with van der Waals surface area (Å²) in [5, 5.41) is 6.21. The van der Waals surface area contributed by atoms with E-state index in [1.165, 1.54) is 6.07 Å². The lowest BCUT2D eigenvalue weighted by molar-refractivity contribution is -0.137. The van der Waals surface area contributed by atoms with Crippen LogP contribution in [0.3, 0.4) is 0 Å². The normalized spacial score (nSPS) is 15.3. The van der Waals surface area contributed by atoms with Gasteiger partial charge in [-0.25, -0.2) is 0 Å². The zero-order chi connectivity index (χ0) is 18.8. The molecule has 2 N–H and O–H groups in total. The third-order valence-electron chi connectivity index (χ3n) is 3.81. The number of hydrogen-bond donors (Lipinski definition) is 2. The Balaban J connectivity index is 0.00000364. The lowest BCUT2D eigenvalue weighted by Crippen LogP contribution is -2.44. The van der Waals surface area contributed by atoms with Gasteiger partial charge in [-0.1, -0.05) is 17.9 Å². The molecule has 0 amide bonds. The van der Waals surface area contributed by atoms with Crippen LogP contribution in [0, 0.1) is 11.8 Å². The molecule has 1 saturated heterocycles. The highest BCUT2D eigenvalue weighted by molar-refractivity contribution is 14.0. The second-order valence-corrected chi connectivity index (χ2v) is 5.69. The molecule has 5 nitrogen and oxygen atoms in total. The second kappa shape index (κ2) is 12.0. The molecule has 9 heteroatoms. The number of guanidine groups is 1. The lowest BCUT2D eigenvalue weighted by atomic mass is 10.1. The van der Waals surface area contributed by atoms with Gasteiger partial charge in [0, 0.05) is 38.8 Å². The molecule has 0 unspecified atom stereocenters. The van der Waals surface area contributed by atoms with Crippen LogP contribution < -0.4 is 10.6 Å². The fraction of sp³-hybridized carbons (Fsp3) is 0.500. The van der Waals surface area contributed by atoms with E-state index in [4.69, 9.17) is 4.74 Å². The highest BCUT2D eigenvalue weighted by Gasteiger charge is 2.30. The predicted octanol–water partition coefficient (Wildman–Crippen LogP) is 2.17. The Bertz CT molecular complexity index is 665. The predicted molar refractivity (Wildman–Crippen MR) is 110 cm³/mol. The monoisotopic (exact) mass is 496 g/mol. The average molecular weight is 496 g/mol. The van der Waals surface area contributed by atoms with E-state index >= 15 is 0 Å². The maximum absolute atomic E-state index is 12.7. The Kier molecular flexibility index (Phi) is 10.5. The summed E-state index contributed by atoms with van der Waals surface area (Å²) >= 11 is 0. The first kappa shape index (κ1) is 23.5. The molecule has 0 aliphatic carbocycles. The molecule has 0 bridgehead atoms. The number of alkyl halides is 3. The van der Waals surface area contributed by atoms with Crippen LogP contribution in [0.5, 0.6) is 0 Å². The minimum absolute atomic E-state index is 0. The Hall–Kier alpha value is -1.51. The van der Waals surface area contributed by atoms with Gasteiger partial charge in [-0.3, -0.25) is 9.89 Å². The fourth-order valence-corrected chi connectivity index (χ4v) is 2.43. The topological polar surface area (TPSA) is 48.9 Å². The third kappa shape index (κ3) is 8.81. The van der Waals surface area contributed by atoms with Crippen molar-refractivity contribution in [2.75, 3.05) is 53.0 Å². The molecule has 1 aromatic rings. The molecule has 0 aromatic heterocycles. The van der Waals surface area contributed by atoms with Gasteiger partial charge in [0.2, 0.25) is 0 Å². The molecular formula is C18H24F3IN4O. The number of hydrogen-bond acceptors (Lipinski definition) is 3. The number of nitrogens with one attached hydrogen (secondary N) is 2. The van der Waals surface area contributed by atoms with Gasteiger partial charge in [0.15, 0.2) is 5.96 Å². The van der Waals surface area contributed by atoms with Gasteiger partial charge in [-0.05, 0) is 18.2 Å². The largest absolute Gasteiger partial charge is 0.416 e. The minimum Gasteiger partial charge on any atom is -0.379 e. The van der Waals surface area contributed by atoms with Crippen molar-refractivity contribution in [1.29, 1.82) is 0 Å². The minimum atomic E-state index is -4.36. The van der Waals surface area contributed by atoms with Crippen LogP contribution in [0.4, 0.5) is 13.2 Å². The van der Waals surface area contributed by atoms with Crippen molar-refractivity contribution < 1.29 is 17.9 Å². The summed E-state index contributed by atoms with van der Waals surface area (Å²) in [5.41, 5.74) is -0.366. The van der Waals surface area contributed by atoms with Crippen LogP contribution in [-0.4, -0.2) is 63.8 Å². The van der Waals surface area contributed by atoms with Crippen molar-refractivity contribution in [3.8, 4) is 11.8 Å². The van der Waals surface area contributed by atoms with E-state index in [1.807, 2.05) is 0 Å². The van der Waals surface area contributed by atoms with Crippen molar-refractivity contribution in [3.05, 3.63) is 35.4 Å². The zero-order valence-electron chi connectivity index (χ0n) is 15.1. The summed E-state index contributed by atoms with van der Waals surface area (Å²) in [6, 6.07) is 4.98. The van der Waals surface area contributed by atoms with E-state index in [9.17, 15) is 13.2 Å². The number of ether oxygens (including phenoxy) is 1. The molecule has 0 atom stereocenters. The van der Waals surface area contributed by atoms with Crippen molar-refractivity contribution in [2.45, 2.75) is 6.18 Å². The summed E-state index contributed by atoms with van der Waals surface area (Å²) in [6.45, 7) is 5.29. The standard InChI is InChI=1S/C18H23F3N4O.HI/c1-22-17(24-8-9-25-10-12-26-13-11-25)23-7-3-5-15-4-2-6-16(14-15)18(19,20)21;/h2,4,6,14H,7-13H2,1H3,(H2,22,23,24);1H. The second-order valence-electron chi connectivity index (χ2n) is 5.69. The highest BCUT2D eigenvalue weighted by atomic mass is 127. The van der Waals surface area contributed by atoms with Gasteiger partial charge in [0.05, 0.1) is 25.3 Å². The molecule has 0 spiro atoms. The SMILES string of the molecule is CN=C(NCC#Cc1cccc(C(F)(F)F)c1)NCCN1CCOCC1.I. The number of rotatable bonds is 4. The molecule has 27 heavy (non-hydrogen) atoms. The molecule has 0 radical (unpaired) electrons. The van der Waals surface area contributed by atoms with Crippen molar-refractivity contribution in [3.63, 3.8) is 0 Å². The Morgan fingerprint density at radius 2 is 2.00 bits per heavy atom. The first-order valence-corrected chi connectivity index (χ1v) is 8.40. The van der Waals surface area contributed by atoms with Gasteiger partial charge in [0.1, 0.15) is 0 Å². The molecule has 1 aromatic carbocycles. The van der Waals surface area contributed by atoms with E-state index < -0.39 is 11.7 Å². The van der Waals surface area contributed by atoms with Gasteiger partial charge >= 0.3 is 6.18 Å². The van der Waals surface area contributed by atoms with Crippen LogP contribution in [0.2, 0.25) is 0 Å². The van der Waals surface area contributed by atoms with Crippen LogP contribution in [0.1, 0.15) is 11.1 Å². The van der Waals surface area contributed by atoms with Crippen LogP contribution in [0.15, 0.2) is 29.3 Å². The van der Waals surface area contributed by atoms with Gasteiger partial charge < -0.3 is 15.4 Å². The van der Waals surface area contributed by atoms with Crippen LogP contribution in [0.25, 0.3) is 0 Å². The quantitative estimate of drug-likeness (QED) is 0.291. The molecule has 0 saturated carbocycles. The Labute approximate surface area is 174 Å². The van der Waals surface area contributed by atoms with Crippen molar-refractivity contribution >= 4 is 29.9 Å². The maximum Gasteiger partial charge on any atom is 0.416 e. The van der Waals surface area contributed by atoms with Crippen LogP contribution >= 0.6 is 24.0 Å².